The molecule has 0 aliphatic heterocycles. The summed E-state index contributed by atoms with van der Waals surface area (Å²) >= 11 is 2.94. The third-order valence-electron chi connectivity index (χ3n) is 1.81. The molecule has 0 spiro atoms. The molecule has 0 aliphatic carbocycles. The fourth-order valence-corrected chi connectivity index (χ4v) is 1.50. The molecule has 1 aromatic rings. The van der Waals surface area contributed by atoms with Crippen molar-refractivity contribution in [3.05, 3.63) is 28.2 Å². The Kier molecular flexibility index (Phi) is 3.62. The molecule has 0 aliphatic rings. The summed E-state index contributed by atoms with van der Waals surface area (Å²) in [5.74, 6) is 0.261. The van der Waals surface area contributed by atoms with Crippen molar-refractivity contribution in [3.63, 3.8) is 0 Å². The van der Waals surface area contributed by atoms with Crippen LogP contribution in [0.15, 0.2) is 22.7 Å². The van der Waals surface area contributed by atoms with Crippen LogP contribution in [0.1, 0.15) is 11.7 Å². The van der Waals surface area contributed by atoms with Gasteiger partial charge in [-0.25, -0.2) is 0 Å². The Labute approximate surface area is 92.8 Å². The van der Waals surface area contributed by atoms with Crippen LogP contribution in [0.2, 0.25) is 0 Å². The van der Waals surface area contributed by atoms with E-state index < -0.39 is 12.3 Å². The summed E-state index contributed by atoms with van der Waals surface area (Å²) in [5, 5.41) is 9.05. The summed E-state index contributed by atoms with van der Waals surface area (Å²) in [6.07, 6.45) is -7.20. The van der Waals surface area contributed by atoms with Gasteiger partial charge >= 0.3 is 6.18 Å². The lowest BCUT2D eigenvalue weighted by atomic mass is 10.1. The lowest BCUT2D eigenvalue weighted by Crippen LogP contribution is -2.20. The van der Waals surface area contributed by atoms with Crippen LogP contribution in [-0.4, -0.2) is 18.4 Å². The molecule has 0 aromatic heterocycles. The van der Waals surface area contributed by atoms with Crippen LogP contribution in [0.25, 0.3) is 0 Å². The Bertz CT molecular complexity index is 352. The highest BCUT2D eigenvalue weighted by molar-refractivity contribution is 9.10. The number of rotatable bonds is 2. The molecule has 84 valence electrons. The first kappa shape index (κ1) is 12.3. The molecule has 1 atom stereocenters. The van der Waals surface area contributed by atoms with E-state index in [2.05, 4.69) is 15.9 Å². The SMILES string of the molecule is COc1ccc(Br)c(C(O)C(F)(F)F)c1. The summed E-state index contributed by atoms with van der Waals surface area (Å²) in [7, 11) is 1.34. The summed E-state index contributed by atoms with van der Waals surface area (Å²) < 4.78 is 41.7. The monoisotopic (exact) mass is 284 g/mol. The van der Waals surface area contributed by atoms with Gasteiger partial charge in [0.15, 0.2) is 6.10 Å². The number of halogens is 4. The maximum atomic E-state index is 12.2. The van der Waals surface area contributed by atoms with E-state index in [1.807, 2.05) is 0 Å². The van der Waals surface area contributed by atoms with Crippen molar-refractivity contribution in [1.82, 2.24) is 0 Å². The second kappa shape index (κ2) is 4.40. The number of ether oxygens (including phenoxy) is 1. The first-order valence-electron chi connectivity index (χ1n) is 3.94. The van der Waals surface area contributed by atoms with Crippen molar-refractivity contribution < 1.29 is 23.0 Å². The van der Waals surface area contributed by atoms with E-state index in [-0.39, 0.29) is 15.8 Å². The van der Waals surface area contributed by atoms with Gasteiger partial charge in [0, 0.05) is 10.0 Å². The van der Waals surface area contributed by atoms with Gasteiger partial charge in [-0.2, -0.15) is 13.2 Å². The molecule has 15 heavy (non-hydrogen) atoms. The quantitative estimate of drug-likeness (QED) is 0.905. The van der Waals surface area contributed by atoms with E-state index in [0.29, 0.717) is 0 Å². The molecular weight excluding hydrogens is 277 g/mol. The molecule has 0 radical (unpaired) electrons. The Hall–Kier alpha value is -0.750. The van der Waals surface area contributed by atoms with Gasteiger partial charge in [-0.05, 0) is 18.2 Å². The van der Waals surface area contributed by atoms with Crippen molar-refractivity contribution in [2.75, 3.05) is 7.11 Å². The van der Waals surface area contributed by atoms with Gasteiger partial charge in [0.25, 0.3) is 0 Å². The van der Waals surface area contributed by atoms with Crippen LogP contribution < -0.4 is 4.74 Å². The Morgan fingerprint density at radius 1 is 1.40 bits per heavy atom. The number of hydrogen-bond donors (Lipinski definition) is 1. The first-order chi connectivity index (χ1) is 6.86. The molecular formula is C9H8BrF3O2. The van der Waals surface area contributed by atoms with E-state index in [1.54, 1.807) is 0 Å². The highest BCUT2D eigenvalue weighted by atomic mass is 79.9. The summed E-state index contributed by atoms with van der Waals surface area (Å²) in [6.45, 7) is 0. The van der Waals surface area contributed by atoms with E-state index >= 15 is 0 Å². The number of aliphatic hydroxyl groups is 1. The van der Waals surface area contributed by atoms with Crippen molar-refractivity contribution in [2.45, 2.75) is 12.3 Å². The molecule has 2 nitrogen and oxygen atoms in total. The van der Waals surface area contributed by atoms with Crippen LogP contribution in [0.4, 0.5) is 13.2 Å². The number of benzene rings is 1. The number of aliphatic hydroxyl groups excluding tert-OH is 1. The molecule has 0 heterocycles. The predicted octanol–water partition coefficient (Wildman–Crippen LogP) is 3.05. The molecule has 1 aromatic carbocycles. The minimum absolute atomic E-state index is 0.188. The standard InChI is InChI=1S/C9H8BrF3O2/c1-15-5-2-3-7(10)6(4-5)8(14)9(11,12)13/h2-4,8,14H,1H3. The summed E-state index contributed by atoms with van der Waals surface area (Å²) in [4.78, 5) is 0. The molecule has 0 saturated carbocycles. The third-order valence-corrected chi connectivity index (χ3v) is 2.53. The average molecular weight is 285 g/mol. The van der Waals surface area contributed by atoms with Gasteiger partial charge in [-0.15, -0.1) is 0 Å². The molecule has 1 unspecified atom stereocenters. The van der Waals surface area contributed by atoms with Crippen LogP contribution in [0.5, 0.6) is 5.75 Å². The normalized spacial score (nSPS) is 13.7. The largest absolute Gasteiger partial charge is 0.497 e. The smallest absolute Gasteiger partial charge is 0.418 e. The highest BCUT2D eigenvalue weighted by Gasteiger charge is 2.40. The van der Waals surface area contributed by atoms with Crippen LogP contribution >= 0.6 is 15.9 Å². The Balaban J connectivity index is 3.12. The van der Waals surface area contributed by atoms with Gasteiger partial charge in [-0.1, -0.05) is 15.9 Å². The molecule has 0 fully saturated rings. The van der Waals surface area contributed by atoms with Crippen molar-refractivity contribution in [1.29, 1.82) is 0 Å². The Morgan fingerprint density at radius 3 is 2.47 bits per heavy atom. The van der Waals surface area contributed by atoms with Crippen molar-refractivity contribution >= 4 is 15.9 Å². The number of alkyl halides is 3. The number of methoxy groups -OCH3 is 1. The van der Waals surface area contributed by atoms with Crippen LogP contribution in [0, 0.1) is 0 Å². The van der Waals surface area contributed by atoms with Crippen molar-refractivity contribution in [2.24, 2.45) is 0 Å². The fraction of sp³-hybridized carbons (Fsp3) is 0.333. The van der Waals surface area contributed by atoms with Gasteiger partial charge < -0.3 is 9.84 Å². The fourth-order valence-electron chi connectivity index (χ4n) is 1.03. The molecule has 0 amide bonds. The highest BCUT2D eigenvalue weighted by Crippen LogP contribution is 2.37. The van der Waals surface area contributed by atoms with E-state index in [1.165, 1.54) is 19.2 Å². The van der Waals surface area contributed by atoms with Crippen LogP contribution in [-0.2, 0) is 0 Å². The molecule has 1 N–H and O–H groups in total. The average Bonchev–Trinajstić information content (AvgIpc) is 2.16. The molecule has 6 heteroatoms. The van der Waals surface area contributed by atoms with E-state index in [0.717, 1.165) is 6.07 Å². The Morgan fingerprint density at radius 2 is 2.00 bits per heavy atom. The maximum Gasteiger partial charge on any atom is 0.418 e. The predicted molar refractivity (Wildman–Crippen MR) is 51.7 cm³/mol. The summed E-state index contributed by atoms with van der Waals surface area (Å²) in [5.41, 5.74) is -0.262. The van der Waals surface area contributed by atoms with E-state index in [9.17, 15) is 13.2 Å². The molecule has 0 bridgehead atoms. The topological polar surface area (TPSA) is 29.5 Å². The summed E-state index contributed by atoms with van der Waals surface area (Å²) in [6, 6.07) is 4.03. The lowest BCUT2D eigenvalue weighted by molar-refractivity contribution is -0.207. The minimum atomic E-state index is -4.69. The van der Waals surface area contributed by atoms with Gasteiger partial charge in [0.1, 0.15) is 5.75 Å². The zero-order valence-electron chi connectivity index (χ0n) is 7.68. The number of hydrogen-bond acceptors (Lipinski definition) is 2. The molecule has 1 rings (SSSR count). The third kappa shape index (κ3) is 2.85. The lowest BCUT2D eigenvalue weighted by Gasteiger charge is -2.16. The van der Waals surface area contributed by atoms with Gasteiger partial charge in [-0.3, -0.25) is 0 Å². The zero-order valence-corrected chi connectivity index (χ0v) is 9.26. The first-order valence-corrected chi connectivity index (χ1v) is 4.73. The second-order valence-corrected chi connectivity index (χ2v) is 3.69. The van der Waals surface area contributed by atoms with Gasteiger partial charge in [0.2, 0.25) is 0 Å². The minimum Gasteiger partial charge on any atom is -0.497 e. The maximum absolute atomic E-state index is 12.2. The zero-order chi connectivity index (χ0) is 11.6. The van der Waals surface area contributed by atoms with Crippen molar-refractivity contribution in [3.8, 4) is 5.75 Å². The van der Waals surface area contributed by atoms with Gasteiger partial charge in [0.05, 0.1) is 7.11 Å². The van der Waals surface area contributed by atoms with Crippen LogP contribution in [0.3, 0.4) is 0 Å². The van der Waals surface area contributed by atoms with E-state index in [4.69, 9.17) is 9.84 Å². The second-order valence-electron chi connectivity index (χ2n) is 2.83. The molecule has 0 saturated heterocycles.